The molecular formula is C12H18N4O. The first-order valence-electron chi connectivity index (χ1n) is 5.91. The van der Waals surface area contributed by atoms with Crippen LogP contribution in [0.3, 0.4) is 0 Å². The maximum Gasteiger partial charge on any atom is 0.133 e. The molecule has 5 nitrogen and oxygen atoms in total. The third-order valence-corrected chi connectivity index (χ3v) is 2.44. The third-order valence-electron chi connectivity index (χ3n) is 2.44. The second-order valence-electron chi connectivity index (χ2n) is 4.14. The van der Waals surface area contributed by atoms with E-state index < -0.39 is 0 Å². The zero-order valence-corrected chi connectivity index (χ0v) is 10.3. The molecule has 2 rings (SSSR count). The summed E-state index contributed by atoms with van der Waals surface area (Å²) in [6.07, 6.45) is 5.00. The van der Waals surface area contributed by atoms with Crippen LogP contribution in [-0.4, -0.2) is 21.3 Å². The summed E-state index contributed by atoms with van der Waals surface area (Å²) in [5.41, 5.74) is 1.98. The lowest BCUT2D eigenvalue weighted by Crippen LogP contribution is -2.13. The first kappa shape index (κ1) is 11.9. The van der Waals surface area contributed by atoms with Gasteiger partial charge in [-0.2, -0.15) is 0 Å². The van der Waals surface area contributed by atoms with E-state index in [9.17, 15) is 0 Å². The largest absolute Gasteiger partial charge is 0.361 e. The minimum absolute atomic E-state index is 0.706. The molecule has 0 aliphatic rings. The second-order valence-corrected chi connectivity index (χ2v) is 4.14. The van der Waals surface area contributed by atoms with Crippen LogP contribution in [0.15, 0.2) is 23.1 Å². The monoisotopic (exact) mass is 234 g/mol. The number of nitrogens with zero attached hydrogens (tertiary/aromatic N) is 3. The maximum atomic E-state index is 5.03. The number of imidazole rings is 1. The van der Waals surface area contributed by atoms with E-state index in [0.29, 0.717) is 6.54 Å². The molecule has 0 aliphatic carbocycles. The van der Waals surface area contributed by atoms with Crippen LogP contribution >= 0.6 is 0 Å². The van der Waals surface area contributed by atoms with E-state index in [1.165, 1.54) is 0 Å². The molecule has 0 saturated carbocycles. The van der Waals surface area contributed by atoms with E-state index >= 15 is 0 Å². The molecule has 5 heteroatoms. The van der Waals surface area contributed by atoms with Gasteiger partial charge in [0.25, 0.3) is 0 Å². The molecule has 0 radical (unpaired) electrons. The molecule has 2 aromatic rings. The Morgan fingerprint density at radius 1 is 1.41 bits per heavy atom. The highest BCUT2D eigenvalue weighted by atomic mass is 16.5. The lowest BCUT2D eigenvalue weighted by atomic mass is 10.4. The first-order valence-corrected chi connectivity index (χ1v) is 5.91. The molecule has 0 unspecified atom stereocenters. The van der Waals surface area contributed by atoms with Gasteiger partial charge in [0.2, 0.25) is 0 Å². The highest BCUT2D eigenvalue weighted by Gasteiger charge is 2.03. The van der Waals surface area contributed by atoms with Crippen molar-refractivity contribution in [3.05, 3.63) is 35.7 Å². The van der Waals surface area contributed by atoms with Crippen molar-refractivity contribution >= 4 is 0 Å². The smallest absolute Gasteiger partial charge is 0.133 e. The molecule has 0 amide bonds. The molecule has 2 aromatic heterocycles. The summed E-state index contributed by atoms with van der Waals surface area (Å²) >= 11 is 0. The molecule has 92 valence electrons. The predicted octanol–water partition coefficient (Wildman–Crippen LogP) is 1.73. The molecule has 0 aromatic carbocycles. The molecule has 17 heavy (non-hydrogen) atoms. The second kappa shape index (κ2) is 5.63. The fraction of sp³-hybridized carbons (Fsp3) is 0.500. The number of rotatable bonds is 6. The van der Waals surface area contributed by atoms with E-state index in [0.717, 1.165) is 36.7 Å². The Kier molecular flexibility index (Phi) is 3.93. The van der Waals surface area contributed by atoms with Gasteiger partial charge in [0.15, 0.2) is 0 Å². The van der Waals surface area contributed by atoms with Crippen molar-refractivity contribution in [2.24, 2.45) is 0 Å². The van der Waals surface area contributed by atoms with E-state index in [2.05, 4.69) is 22.4 Å². The molecule has 0 atom stereocenters. The van der Waals surface area contributed by atoms with Crippen molar-refractivity contribution in [3.63, 3.8) is 0 Å². The molecule has 0 spiro atoms. The van der Waals surface area contributed by atoms with Gasteiger partial charge in [-0.3, -0.25) is 0 Å². The van der Waals surface area contributed by atoms with Crippen molar-refractivity contribution in [2.75, 3.05) is 6.54 Å². The van der Waals surface area contributed by atoms with Crippen LogP contribution in [0.25, 0.3) is 0 Å². The summed E-state index contributed by atoms with van der Waals surface area (Å²) in [6, 6.07) is 1.94. The summed E-state index contributed by atoms with van der Waals surface area (Å²) in [5.74, 6) is 0.838. The van der Waals surface area contributed by atoms with Gasteiger partial charge in [-0.1, -0.05) is 12.1 Å². The fourth-order valence-electron chi connectivity index (χ4n) is 1.66. The summed E-state index contributed by atoms with van der Waals surface area (Å²) in [5, 5.41) is 7.28. The third kappa shape index (κ3) is 3.42. The predicted molar refractivity (Wildman–Crippen MR) is 64.6 cm³/mol. The van der Waals surface area contributed by atoms with Gasteiger partial charge in [-0.25, -0.2) is 4.98 Å². The number of aryl methyl sites for hydroxylation is 1. The number of hydrogen-bond acceptors (Lipinski definition) is 4. The minimum atomic E-state index is 0.706. The average molecular weight is 234 g/mol. The van der Waals surface area contributed by atoms with Gasteiger partial charge in [0.1, 0.15) is 11.5 Å². The van der Waals surface area contributed by atoms with Gasteiger partial charge in [-0.05, 0) is 19.9 Å². The van der Waals surface area contributed by atoms with E-state index in [1.54, 1.807) is 0 Å². The van der Waals surface area contributed by atoms with Gasteiger partial charge < -0.3 is 14.4 Å². The molecule has 2 heterocycles. The molecule has 1 N–H and O–H groups in total. The quantitative estimate of drug-likeness (QED) is 0.773. The molecule has 0 saturated heterocycles. The van der Waals surface area contributed by atoms with E-state index in [-0.39, 0.29) is 0 Å². The number of nitrogens with one attached hydrogen (secondary N) is 1. The Hall–Kier alpha value is -1.62. The van der Waals surface area contributed by atoms with E-state index in [1.807, 2.05) is 30.1 Å². The van der Waals surface area contributed by atoms with E-state index in [4.69, 9.17) is 4.52 Å². The molecule has 0 bridgehead atoms. The molecular weight excluding hydrogens is 216 g/mol. The topological polar surface area (TPSA) is 55.9 Å². The first-order chi connectivity index (χ1) is 8.28. The van der Waals surface area contributed by atoms with Crippen molar-refractivity contribution in [2.45, 2.75) is 33.4 Å². The highest BCUT2D eigenvalue weighted by Crippen LogP contribution is 2.05. The SMILES string of the molecule is CCCNCc1cn(Cc2cc(C)on2)cn1. The zero-order valence-electron chi connectivity index (χ0n) is 10.3. The minimum Gasteiger partial charge on any atom is -0.361 e. The zero-order chi connectivity index (χ0) is 12.1. The highest BCUT2D eigenvalue weighted by molar-refractivity contribution is 5.06. The van der Waals surface area contributed by atoms with Crippen molar-refractivity contribution in [3.8, 4) is 0 Å². The Balaban J connectivity index is 1.89. The van der Waals surface area contributed by atoms with Crippen LogP contribution in [0.4, 0.5) is 0 Å². The van der Waals surface area contributed by atoms with Crippen LogP contribution in [0.5, 0.6) is 0 Å². The standard InChI is InChI=1S/C12H18N4O/c1-3-4-13-6-12-8-16(9-14-12)7-11-5-10(2)17-15-11/h5,8-9,13H,3-4,6-7H2,1-2H3. The lowest BCUT2D eigenvalue weighted by Gasteiger charge is -1.98. The van der Waals surface area contributed by atoms with Gasteiger partial charge in [0, 0.05) is 18.8 Å². The average Bonchev–Trinajstić information content (AvgIpc) is 2.90. The van der Waals surface area contributed by atoms with Crippen LogP contribution in [0, 0.1) is 6.92 Å². The Morgan fingerprint density at radius 3 is 3.00 bits per heavy atom. The summed E-state index contributed by atoms with van der Waals surface area (Å²) in [6.45, 7) is 6.59. The number of hydrogen-bond donors (Lipinski definition) is 1. The van der Waals surface area contributed by atoms with Crippen molar-refractivity contribution in [1.82, 2.24) is 20.0 Å². The summed E-state index contributed by atoms with van der Waals surface area (Å²) < 4.78 is 7.04. The van der Waals surface area contributed by atoms with Gasteiger partial charge in [0.05, 0.1) is 18.6 Å². The number of aromatic nitrogens is 3. The van der Waals surface area contributed by atoms with Crippen LogP contribution in [0.2, 0.25) is 0 Å². The Bertz CT molecular complexity index is 461. The lowest BCUT2D eigenvalue weighted by molar-refractivity contribution is 0.389. The Morgan fingerprint density at radius 2 is 2.29 bits per heavy atom. The van der Waals surface area contributed by atoms with Gasteiger partial charge in [-0.15, -0.1) is 0 Å². The normalized spacial score (nSPS) is 10.9. The van der Waals surface area contributed by atoms with Gasteiger partial charge >= 0.3 is 0 Å². The fourth-order valence-corrected chi connectivity index (χ4v) is 1.66. The summed E-state index contributed by atoms with van der Waals surface area (Å²) in [4.78, 5) is 4.33. The summed E-state index contributed by atoms with van der Waals surface area (Å²) in [7, 11) is 0. The maximum absolute atomic E-state index is 5.03. The van der Waals surface area contributed by atoms with Crippen molar-refractivity contribution in [1.29, 1.82) is 0 Å². The molecule has 0 fully saturated rings. The van der Waals surface area contributed by atoms with Crippen LogP contribution in [0.1, 0.15) is 30.5 Å². The molecule has 0 aliphatic heterocycles. The van der Waals surface area contributed by atoms with Crippen LogP contribution in [-0.2, 0) is 13.1 Å². The van der Waals surface area contributed by atoms with Crippen molar-refractivity contribution < 1.29 is 4.52 Å². The Labute approximate surface area is 101 Å². The van der Waals surface area contributed by atoms with Crippen LogP contribution < -0.4 is 5.32 Å².